The molecular weight excluding hydrogens is 286 g/mol. The fraction of sp³-hybridized carbons (Fsp3) is 0.500. The first-order valence-electron chi connectivity index (χ1n) is 7.33. The number of rotatable bonds is 10. The Hall–Kier alpha value is -2.08. The standard InChI is InChI=1S/C16H23NO5/c1-3-4-5-10-21-11-15(18)17(2)13-6-8-14(9-7-13)22-12-16(19)20/h6-9H,3-5,10-12H2,1-2H3,(H,19,20). The molecule has 0 heterocycles. The summed E-state index contributed by atoms with van der Waals surface area (Å²) in [5, 5.41) is 8.54. The predicted molar refractivity (Wildman–Crippen MR) is 83.3 cm³/mol. The van der Waals surface area contributed by atoms with Crippen LogP contribution in [0, 0.1) is 0 Å². The van der Waals surface area contributed by atoms with Crippen molar-refractivity contribution in [2.45, 2.75) is 26.2 Å². The van der Waals surface area contributed by atoms with Gasteiger partial charge in [0.05, 0.1) is 0 Å². The number of ether oxygens (including phenoxy) is 2. The average molecular weight is 309 g/mol. The topological polar surface area (TPSA) is 76.1 Å². The molecule has 0 aromatic heterocycles. The summed E-state index contributed by atoms with van der Waals surface area (Å²) in [7, 11) is 1.67. The van der Waals surface area contributed by atoms with Crippen LogP contribution in [-0.2, 0) is 14.3 Å². The Morgan fingerprint density at radius 2 is 1.82 bits per heavy atom. The minimum absolute atomic E-state index is 0.0531. The lowest BCUT2D eigenvalue weighted by Crippen LogP contribution is -2.30. The zero-order chi connectivity index (χ0) is 16.4. The number of carbonyl (C=O) groups is 2. The number of carbonyl (C=O) groups excluding carboxylic acids is 1. The van der Waals surface area contributed by atoms with Gasteiger partial charge in [-0.05, 0) is 30.7 Å². The van der Waals surface area contributed by atoms with Gasteiger partial charge in [-0.15, -0.1) is 0 Å². The molecule has 6 nitrogen and oxygen atoms in total. The lowest BCUT2D eigenvalue weighted by atomic mass is 10.2. The largest absolute Gasteiger partial charge is 0.482 e. The first kappa shape index (κ1) is 18.0. The number of likely N-dealkylation sites (N-methyl/N-ethyl adjacent to an activating group) is 1. The van der Waals surface area contributed by atoms with Crippen LogP contribution >= 0.6 is 0 Å². The molecule has 0 spiro atoms. The Morgan fingerprint density at radius 3 is 2.41 bits per heavy atom. The number of carboxylic acids is 1. The van der Waals surface area contributed by atoms with E-state index in [2.05, 4.69) is 6.92 Å². The van der Waals surface area contributed by atoms with Gasteiger partial charge in [-0.25, -0.2) is 4.79 Å². The zero-order valence-corrected chi connectivity index (χ0v) is 13.1. The van der Waals surface area contributed by atoms with E-state index in [0.717, 1.165) is 19.3 Å². The Balaban J connectivity index is 2.42. The quantitative estimate of drug-likeness (QED) is 0.671. The fourth-order valence-electron chi connectivity index (χ4n) is 1.77. The second-order valence-electron chi connectivity index (χ2n) is 4.89. The minimum Gasteiger partial charge on any atom is -0.482 e. The number of unbranched alkanes of at least 4 members (excludes halogenated alkanes) is 2. The molecule has 0 fully saturated rings. The van der Waals surface area contributed by atoms with Gasteiger partial charge in [0.1, 0.15) is 12.4 Å². The third kappa shape index (κ3) is 6.58. The van der Waals surface area contributed by atoms with E-state index in [1.54, 1.807) is 31.3 Å². The average Bonchev–Trinajstić information content (AvgIpc) is 2.52. The van der Waals surface area contributed by atoms with Crippen LogP contribution < -0.4 is 9.64 Å². The maximum absolute atomic E-state index is 12.0. The number of benzene rings is 1. The van der Waals surface area contributed by atoms with Gasteiger partial charge < -0.3 is 19.5 Å². The molecule has 0 saturated heterocycles. The Labute approximate surface area is 130 Å². The summed E-state index contributed by atoms with van der Waals surface area (Å²) in [5.41, 5.74) is 0.699. The van der Waals surface area contributed by atoms with Crippen LogP contribution in [0.25, 0.3) is 0 Å². The summed E-state index contributed by atoms with van der Waals surface area (Å²) < 4.78 is 10.4. The molecular formula is C16H23NO5. The third-order valence-electron chi connectivity index (χ3n) is 3.08. The molecule has 1 rings (SSSR count). The van der Waals surface area contributed by atoms with Gasteiger partial charge in [0.2, 0.25) is 0 Å². The van der Waals surface area contributed by atoms with Crippen LogP contribution in [-0.4, -0.2) is 43.9 Å². The van der Waals surface area contributed by atoms with Crippen molar-refractivity contribution in [1.29, 1.82) is 0 Å². The van der Waals surface area contributed by atoms with Crippen molar-refractivity contribution in [2.24, 2.45) is 0 Å². The molecule has 0 bridgehead atoms. The van der Waals surface area contributed by atoms with Gasteiger partial charge in [-0.1, -0.05) is 19.8 Å². The van der Waals surface area contributed by atoms with Crippen LogP contribution in [0.3, 0.4) is 0 Å². The normalized spacial score (nSPS) is 10.3. The number of hydrogen-bond donors (Lipinski definition) is 1. The van der Waals surface area contributed by atoms with E-state index in [4.69, 9.17) is 14.6 Å². The highest BCUT2D eigenvalue weighted by atomic mass is 16.5. The molecule has 0 aliphatic rings. The second-order valence-corrected chi connectivity index (χ2v) is 4.89. The Bertz CT molecular complexity index is 472. The first-order valence-corrected chi connectivity index (χ1v) is 7.33. The van der Waals surface area contributed by atoms with E-state index in [1.165, 1.54) is 4.90 Å². The monoisotopic (exact) mass is 309 g/mol. The maximum Gasteiger partial charge on any atom is 0.341 e. The van der Waals surface area contributed by atoms with E-state index in [1.807, 2.05) is 0 Å². The summed E-state index contributed by atoms with van der Waals surface area (Å²) in [6.45, 7) is 2.37. The lowest BCUT2D eigenvalue weighted by molar-refractivity contribution is -0.139. The molecule has 0 aliphatic heterocycles. The van der Waals surface area contributed by atoms with Gasteiger partial charge >= 0.3 is 5.97 Å². The van der Waals surface area contributed by atoms with Crippen LogP contribution in [0.2, 0.25) is 0 Å². The summed E-state index contributed by atoms with van der Waals surface area (Å²) in [6, 6.07) is 6.66. The third-order valence-corrected chi connectivity index (χ3v) is 3.08. The van der Waals surface area contributed by atoms with Crippen LogP contribution in [0.4, 0.5) is 5.69 Å². The highest BCUT2D eigenvalue weighted by Crippen LogP contribution is 2.18. The Kier molecular flexibility index (Phi) is 7.99. The summed E-state index contributed by atoms with van der Waals surface area (Å²) in [4.78, 5) is 23.9. The van der Waals surface area contributed by atoms with Crippen molar-refractivity contribution < 1.29 is 24.2 Å². The van der Waals surface area contributed by atoms with Crippen molar-refractivity contribution in [2.75, 3.05) is 31.8 Å². The number of nitrogens with zero attached hydrogens (tertiary/aromatic N) is 1. The number of amides is 1. The highest BCUT2D eigenvalue weighted by molar-refractivity contribution is 5.93. The molecule has 0 radical (unpaired) electrons. The van der Waals surface area contributed by atoms with Crippen LogP contribution in [0.5, 0.6) is 5.75 Å². The second kappa shape index (κ2) is 9.78. The zero-order valence-electron chi connectivity index (χ0n) is 13.1. The SMILES string of the molecule is CCCCCOCC(=O)N(C)c1ccc(OCC(=O)O)cc1. The summed E-state index contributed by atoms with van der Waals surface area (Å²) in [6.07, 6.45) is 3.18. The molecule has 0 atom stereocenters. The number of carboxylic acid groups (broad SMARTS) is 1. The van der Waals surface area contributed by atoms with Gasteiger partial charge in [-0.2, -0.15) is 0 Å². The van der Waals surface area contributed by atoms with Gasteiger partial charge in [0.15, 0.2) is 6.61 Å². The number of aliphatic carboxylic acids is 1. The van der Waals surface area contributed by atoms with Gasteiger partial charge in [0, 0.05) is 19.3 Å². The Morgan fingerprint density at radius 1 is 1.14 bits per heavy atom. The molecule has 0 unspecified atom stereocenters. The van der Waals surface area contributed by atoms with Crippen molar-refractivity contribution in [3.63, 3.8) is 0 Å². The first-order chi connectivity index (χ1) is 10.5. The fourth-order valence-corrected chi connectivity index (χ4v) is 1.77. The molecule has 0 aliphatic carbocycles. The van der Waals surface area contributed by atoms with E-state index < -0.39 is 5.97 Å². The summed E-state index contributed by atoms with van der Waals surface area (Å²) in [5.74, 6) is -0.713. The summed E-state index contributed by atoms with van der Waals surface area (Å²) >= 11 is 0. The van der Waals surface area contributed by atoms with E-state index in [9.17, 15) is 9.59 Å². The van der Waals surface area contributed by atoms with Crippen molar-refractivity contribution in [1.82, 2.24) is 0 Å². The molecule has 1 amide bonds. The molecule has 0 saturated carbocycles. The van der Waals surface area contributed by atoms with Crippen molar-refractivity contribution in [3.05, 3.63) is 24.3 Å². The minimum atomic E-state index is -1.03. The number of hydrogen-bond acceptors (Lipinski definition) is 4. The lowest BCUT2D eigenvalue weighted by Gasteiger charge is -2.17. The smallest absolute Gasteiger partial charge is 0.341 e. The van der Waals surface area contributed by atoms with Gasteiger partial charge in [0.25, 0.3) is 5.91 Å². The molecule has 1 N–H and O–H groups in total. The van der Waals surface area contributed by atoms with E-state index in [0.29, 0.717) is 18.0 Å². The molecule has 122 valence electrons. The van der Waals surface area contributed by atoms with Gasteiger partial charge in [-0.3, -0.25) is 4.79 Å². The molecule has 22 heavy (non-hydrogen) atoms. The van der Waals surface area contributed by atoms with Crippen molar-refractivity contribution >= 4 is 17.6 Å². The van der Waals surface area contributed by atoms with Crippen LogP contribution in [0.1, 0.15) is 26.2 Å². The molecule has 1 aromatic rings. The number of anilines is 1. The predicted octanol–water partition coefficient (Wildman–Crippen LogP) is 2.32. The van der Waals surface area contributed by atoms with E-state index in [-0.39, 0.29) is 19.1 Å². The maximum atomic E-state index is 12.0. The van der Waals surface area contributed by atoms with Crippen LogP contribution in [0.15, 0.2) is 24.3 Å². The van der Waals surface area contributed by atoms with E-state index >= 15 is 0 Å². The molecule has 6 heteroatoms. The van der Waals surface area contributed by atoms with Crippen molar-refractivity contribution in [3.8, 4) is 5.75 Å². The molecule has 1 aromatic carbocycles. The highest BCUT2D eigenvalue weighted by Gasteiger charge is 2.11.